The van der Waals surface area contributed by atoms with Crippen molar-refractivity contribution in [2.75, 3.05) is 53.0 Å². The number of likely N-dealkylation sites (tertiary alicyclic amines) is 2. The Morgan fingerprint density at radius 3 is 2.54 bits per heavy atom. The van der Waals surface area contributed by atoms with Gasteiger partial charge in [0.1, 0.15) is 12.1 Å². The molecule has 0 bridgehead atoms. The van der Waals surface area contributed by atoms with Crippen molar-refractivity contribution >= 4 is 24.3 Å². The van der Waals surface area contributed by atoms with Crippen LogP contribution in [0.25, 0.3) is 0 Å². The molecule has 3 fully saturated rings. The molecular weight excluding hydrogens is 500 g/mol. The zero-order valence-corrected chi connectivity index (χ0v) is 23.7. The number of nitriles is 1. The molecule has 2 atom stereocenters. The topological polar surface area (TPSA) is 136 Å². The van der Waals surface area contributed by atoms with E-state index in [4.69, 9.17) is 9.47 Å². The van der Waals surface area contributed by atoms with Gasteiger partial charge in [-0.25, -0.2) is 4.79 Å². The molecule has 11 nitrogen and oxygen atoms in total. The largest absolute Gasteiger partial charge is 0.466 e. The van der Waals surface area contributed by atoms with E-state index in [1.807, 2.05) is 11.9 Å². The number of esters is 1. The average molecular weight is 547 g/mol. The van der Waals surface area contributed by atoms with Crippen LogP contribution in [-0.2, 0) is 19.1 Å². The van der Waals surface area contributed by atoms with Gasteiger partial charge in [-0.2, -0.15) is 10.3 Å². The predicted molar refractivity (Wildman–Crippen MR) is 147 cm³/mol. The van der Waals surface area contributed by atoms with Gasteiger partial charge in [0, 0.05) is 32.7 Å². The molecule has 2 aliphatic heterocycles. The normalized spacial score (nSPS) is 23.1. The Morgan fingerprint density at radius 2 is 1.85 bits per heavy atom. The minimum atomic E-state index is -0.835. The molecule has 2 unspecified atom stereocenters. The van der Waals surface area contributed by atoms with Crippen molar-refractivity contribution < 1.29 is 23.9 Å². The molecule has 3 aliphatic rings. The second-order valence-corrected chi connectivity index (χ2v) is 11.2. The minimum Gasteiger partial charge on any atom is -0.466 e. The molecule has 2 N–H and O–H groups in total. The Hall–Kier alpha value is -2.71. The molecular formula is C28H46N6O5. The SMILES string of the molecule is CCOC(=O)C1CCCN(C=NC(=O)OCCNC(CC2CCCCC2)C(=O)NC2(C#N)CCN(C)CC2)C1. The van der Waals surface area contributed by atoms with Crippen molar-refractivity contribution in [1.29, 1.82) is 5.26 Å². The number of nitrogens with one attached hydrogen (secondary N) is 2. The lowest BCUT2D eigenvalue weighted by atomic mass is 9.84. The molecule has 1 saturated carbocycles. The van der Waals surface area contributed by atoms with Gasteiger partial charge in [-0.05, 0) is 52.0 Å². The zero-order valence-electron chi connectivity index (χ0n) is 23.7. The molecule has 0 spiro atoms. The monoisotopic (exact) mass is 546 g/mol. The maximum Gasteiger partial charge on any atom is 0.435 e. The number of amides is 2. The van der Waals surface area contributed by atoms with Crippen molar-refractivity contribution in [2.24, 2.45) is 16.8 Å². The summed E-state index contributed by atoms with van der Waals surface area (Å²) in [5.74, 6) is -0.121. The lowest BCUT2D eigenvalue weighted by Crippen LogP contribution is -2.58. The van der Waals surface area contributed by atoms with Gasteiger partial charge < -0.3 is 29.9 Å². The third-order valence-electron chi connectivity index (χ3n) is 8.14. The summed E-state index contributed by atoms with van der Waals surface area (Å²) in [6.07, 6.45) is 10.0. The fourth-order valence-electron chi connectivity index (χ4n) is 5.73. The highest BCUT2D eigenvalue weighted by Gasteiger charge is 2.37. The van der Waals surface area contributed by atoms with Gasteiger partial charge in [0.25, 0.3) is 0 Å². The van der Waals surface area contributed by atoms with Gasteiger partial charge in [-0.3, -0.25) is 9.59 Å². The number of carbonyl (C=O) groups excluding carboxylic acids is 3. The first kappa shape index (κ1) is 30.8. The highest BCUT2D eigenvalue weighted by Crippen LogP contribution is 2.28. The highest BCUT2D eigenvalue weighted by atomic mass is 16.5. The van der Waals surface area contributed by atoms with Crippen LogP contribution in [0.4, 0.5) is 4.79 Å². The van der Waals surface area contributed by atoms with Gasteiger partial charge in [0.05, 0.1) is 31.0 Å². The quantitative estimate of drug-likeness (QED) is 0.173. The maximum absolute atomic E-state index is 13.3. The van der Waals surface area contributed by atoms with Crippen molar-refractivity contribution in [3.05, 3.63) is 0 Å². The van der Waals surface area contributed by atoms with Crippen molar-refractivity contribution in [3.8, 4) is 6.07 Å². The van der Waals surface area contributed by atoms with Gasteiger partial charge in [0.2, 0.25) is 5.91 Å². The molecule has 0 aromatic heterocycles. The Bertz CT molecular complexity index is 876. The van der Waals surface area contributed by atoms with Crippen molar-refractivity contribution in [3.63, 3.8) is 0 Å². The first-order valence-corrected chi connectivity index (χ1v) is 14.6. The van der Waals surface area contributed by atoms with Crippen LogP contribution in [0.3, 0.4) is 0 Å². The lowest BCUT2D eigenvalue weighted by molar-refractivity contribution is -0.149. The Labute approximate surface area is 232 Å². The molecule has 2 amide bonds. The molecule has 0 aromatic rings. The fourth-order valence-corrected chi connectivity index (χ4v) is 5.73. The maximum atomic E-state index is 13.3. The summed E-state index contributed by atoms with van der Waals surface area (Å²) in [7, 11) is 2.02. The first-order valence-electron chi connectivity index (χ1n) is 14.6. The zero-order chi connectivity index (χ0) is 28.1. The number of hydrogen-bond acceptors (Lipinski definition) is 8. The van der Waals surface area contributed by atoms with Gasteiger partial charge in [0.15, 0.2) is 0 Å². The Balaban J connectivity index is 1.47. The Kier molecular flexibility index (Phi) is 12.5. The van der Waals surface area contributed by atoms with Crippen LogP contribution < -0.4 is 10.6 Å². The second-order valence-electron chi connectivity index (χ2n) is 11.2. The molecule has 2 heterocycles. The number of carbonyl (C=O) groups is 3. The summed E-state index contributed by atoms with van der Waals surface area (Å²) in [6.45, 7) is 5.24. The third kappa shape index (κ3) is 10.1. The number of nitrogens with zero attached hydrogens (tertiary/aromatic N) is 4. The summed E-state index contributed by atoms with van der Waals surface area (Å²) in [6, 6.07) is 1.91. The molecule has 2 saturated heterocycles. The van der Waals surface area contributed by atoms with E-state index in [1.54, 1.807) is 6.92 Å². The fraction of sp³-hybridized carbons (Fsp3) is 0.821. The molecule has 0 aromatic carbocycles. The Morgan fingerprint density at radius 1 is 1.10 bits per heavy atom. The summed E-state index contributed by atoms with van der Waals surface area (Å²) in [5.41, 5.74) is -0.835. The van der Waals surface area contributed by atoms with E-state index in [0.717, 1.165) is 38.8 Å². The lowest BCUT2D eigenvalue weighted by Gasteiger charge is -2.37. The average Bonchev–Trinajstić information content (AvgIpc) is 2.95. The third-order valence-corrected chi connectivity index (χ3v) is 8.14. The molecule has 0 radical (unpaired) electrons. The van der Waals surface area contributed by atoms with E-state index in [0.29, 0.717) is 51.4 Å². The predicted octanol–water partition coefficient (Wildman–Crippen LogP) is 2.46. The highest BCUT2D eigenvalue weighted by molar-refractivity contribution is 5.83. The number of rotatable bonds is 11. The second kappa shape index (κ2) is 15.8. The van der Waals surface area contributed by atoms with Gasteiger partial charge in [-0.1, -0.05) is 32.1 Å². The molecule has 218 valence electrons. The number of hydrogen-bond donors (Lipinski definition) is 2. The summed E-state index contributed by atoms with van der Waals surface area (Å²) in [5, 5.41) is 16.2. The smallest absolute Gasteiger partial charge is 0.435 e. The minimum absolute atomic E-state index is 0.0737. The molecule has 3 rings (SSSR count). The summed E-state index contributed by atoms with van der Waals surface area (Å²) >= 11 is 0. The molecule has 11 heteroatoms. The van der Waals surface area contributed by atoms with E-state index >= 15 is 0 Å². The van der Waals surface area contributed by atoms with E-state index in [9.17, 15) is 19.6 Å². The van der Waals surface area contributed by atoms with Gasteiger partial charge in [-0.15, -0.1) is 0 Å². The standard InChI is InChI=1S/C28H46N6O5/c1-3-38-26(36)23-10-7-14-34(19-23)21-31-27(37)39-17-13-30-24(18-22-8-5-4-6-9-22)25(35)32-28(20-29)11-15-33(2)16-12-28/h21-24,30H,3-19H2,1-2H3,(H,32,35). The van der Waals surface area contributed by atoms with E-state index < -0.39 is 17.7 Å². The number of ether oxygens (including phenoxy) is 2. The van der Waals surface area contributed by atoms with E-state index in [-0.39, 0.29) is 24.4 Å². The van der Waals surface area contributed by atoms with Crippen LogP contribution in [0.5, 0.6) is 0 Å². The summed E-state index contributed by atoms with van der Waals surface area (Å²) in [4.78, 5) is 45.4. The number of aliphatic imine (C=N–C) groups is 1. The van der Waals surface area contributed by atoms with Crippen LogP contribution in [0.15, 0.2) is 4.99 Å². The van der Waals surface area contributed by atoms with Gasteiger partial charge >= 0.3 is 12.1 Å². The van der Waals surface area contributed by atoms with E-state index in [2.05, 4.69) is 26.6 Å². The van der Waals surface area contributed by atoms with Crippen LogP contribution in [0.2, 0.25) is 0 Å². The van der Waals surface area contributed by atoms with Crippen LogP contribution in [0, 0.1) is 23.2 Å². The molecule has 39 heavy (non-hydrogen) atoms. The van der Waals surface area contributed by atoms with Crippen molar-refractivity contribution in [2.45, 2.75) is 82.7 Å². The van der Waals surface area contributed by atoms with Crippen LogP contribution in [0.1, 0.15) is 71.1 Å². The van der Waals surface area contributed by atoms with E-state index in [1.165, 1.54) is 25.6 Å². The number of piperidine rings is 2. The van der Waals surface area contributed by atoms with Crippen molar-refractivity contribution in [1.82, 2.24) is 20.4 Å². The van der Waals surface area contributed by atoms with Crippen LogP contribution in [-0.4, -0.2) is 98.7 Å². The first-order chi connectivity index (χ1) is 18.8. The van der Waals surface area contributed by atoms with Crippen LogP contribution >= 0.6 is 0 Å². The molecule has 1 aliphatic carbocycles. The summed E-state index contributed by atoms with van der Waals surface area (Å²) < 4.78 is 10.4.